The highest BCUT2D eigenvalue weighted by atomic mass is 16.5. The number of nitrogens with zero attached hydrogens (tertiary/aromatic N) is 2. The highest BCUT2D eigenvalue weighted by Gasteiger charge is 2.25. The van der Waals surface area contributed by atoms with Gasteiger partial charge in [0.25, 0.3) is 5.91 Å². The van der Waals surface area contributed by atoms with Crippen LogP contribution in [0, 0.1) is 0 Å². The van der Waals surface area contributed by atoms with E-state index >= 15 is 0 Å². The van der Waals surface area contributed by atoms with Crippen molar-refractivity contribution >= 4 is 22.6 Å². The first-order chi connectivity index (χ1) is 14.2. The second kappa shape index (κ2) is 7.40. The number of ether oxygens (including phenoxy) is 2. The predicted octanol–water partition coefficient (Wildman–Crippen LogP) is 3.29. The lowest BCUT2D eigenvalue weighted by atomic mass is 10.0. The number of amides is 1. The molecule has 1 aromatic carbocycles. The van der Waals surface area contributed by atoms with Crippen LogP contribution in [-0.2, 0) is 4.74 Å². The van der Waals surface area contributed by atoms with Crippen LogP contribution in [0.1, 0.15) is 23.2 Å². The number of rotatable bonds is 5. The number of hydrogen-bond donors (Lipinski definition) is 2. The number of aromatic nitrogens is 2. The second-order valence-electron chi connectivity index (χ2n) is 7.53. The summed E-state index contributed by atoms with van der Waals surface area (Å²) in [5, 5.41) is 4.71. The molecule has 2 N–H and O–H groups in total. The number of carbonyl (C=O) groups excluding carboxylic acids is 1. The molecule has 0 atom stereocenters. The number of benzene rings is 1. The van der Waals surface area contributed by atoms with Gasteiger partial charge in [-0.2, -0.15) is 0 Å². The molecule has 1 saturated carbocycles. The zero-order valence-electron chi connectivity index (χ0n) is 16.4. The van der Waals surface area contributed by atoms with E-state index in [2.05, 4.69) is 15.3 Å². The monoisotopic (exact) mass is 392 g/mol. The van der Waals surface area contributed by atoms with Crippen molar-refractivity contribution < 1.29 is 14.3 Å². The summed E-state index contributed by atoms with van der Waals surface area (Å²) in [6, 6.07) is 8.20. The Hall–Kier alpha value is -3.06. The van der Waals surface area contributed by atoms with Crippen molar-refractivity contribution in [3.8, 4) is 16.9 Å². The predicted molar refractivity (Wildman–Crippen MR) is 111 cm³/mol. The van der Waals surface area contributed by atoms with Crippen LogP contribution < -0.4 is 10.1 Å². The number of anilines is 1. The van der Waals surface area contributed by atoms with Gasteiger partial charge in [-0.1, -0.05) is 0 Å². The van der Waals surface area contributed by atoms with E-state index in [-0.39, 0.29) is 5.91 Å². The minimum atomic E-state index is 0.00805. The third kappa shape index (κ3) is 3.42. The first-order valence-corrected chi connectivity index (χ1v) is 10.0. The molecule has 1 saturated heterocycles. The van der Waals surface area contributed by atoms with E-state index < -0.39 is 0 Å². The minimum Gasteiger partial charge on any atom is -0.496 e. The lowest BCUT2D eigenvalue weighted by Crippen LogP contribution is -2.40. The topological polar surface area (TPSA) is 79.5 Å². The molecule has 0 unspecified atom stereocenters. The van der Waals surface area contributed by atoms with Gasteiger partial charge in [-0.05, 0) is 37.1 Å². The van der Waals surface area contributed by atoms with Gasteiger partial charge in [0.2, 0.25) is 0 Å². The molecule has 1 aliphatic heterocycles. The molecule has 7 nitrogen and oxygen atoms in total. The highest BCUT2D eigenvalue weighted by Crippen LogP contribution is 2.40. The number of nitrogens with one attached hydrogen (secondary N) is 2. The number of fused-ring (bicyclic) bond motifs is 1. The van der Waals surface area contributed by atoms with E-state index in [0.29, 0.717) is 43.7 Å². The summed E-state index contributed by atoms with van der Waals surface area (Å²) in [7, 11) is 1.64. The van der Waals surface area contributed by atoms with E-state index in [1.165, 1.54) is 12.8 Å². The Morgan fingerprint density at radius 3 is 2.83 bits per heavy atom. The summed E-state index contributed by atoms with van der Waals surface area (Å²) in [5.41, 5.74) is 4.44. The Kier molecular flexibility index (Phi) is 4.60. The van der Waals surface area contributed by atoms with Gasteiger partial charge in [0, 0.05) is 53.6 Å². The molecule has 3 aromatic rings. The van der Waals surface area contributed by atoms with Gasteiger partial charge in [0.05, 0.1) is 26.0 Å². The number of methoxy groups -OCH3 is 1. The zero-order chi connectivity index (χ0) is 19.8. The van der Waals surface area contributed by atoms with Gasteiger partial charge >= 0.3 is 0 Å². The zero-order valence-corrected chi connectivity index (χ0v) is 16.4. The number of hydrogen-bond acceptors (Lipinski definition) is 5. The molecular formula is C22H24N4O3. The van der Waals surface area contributed by atoms with Crippen molar-refractivity contribution in [1.82, 2.24) is 14.9 Å². The van der Waals surface area contributed by atoms with Crippen molar-refractivity contribution in [2.45, 2.75) is 18.9 Å². The van der Waals surface area contributed by atoms with E-state index in [9.17, 15) is 4.79 Å². The summed E-state index contributed by atoms with van der Waals surface area (Å²) in [5.74, 6) is 0.674. The molecule has 150 valence electrons. The summed E-state index contributed by atoms with van der Waals surface area (Å²) >= 11 is 0. The van der Waals surface area contributed by atoms with Gasteiger partial charge < -0.3 is 24.7 Å². The molecule has 0 radical (unpaired) electrons. The fourth-order valence-electron chi connectivity index (χ4n) is 3.80. The van der Waals surface area contributed by atoms with Gasteiger partial charge in [-0.15, -0.1) is 0 Å². The fourth-order valence-corrected chi connectivity index (χ4v) is 3.80. The lowest BCUT2D eigenvalue weighted by molar-refractivity contribution is 0.0302. The normalized spacial score (nSPS) is 16.8. The Labute approximate surface area is 169 Å². The summed E-state index contributed by atoms with van der Waals surface area (Å²) in [4.78, 5) is 22.4. The number of carbonyl (C=O) groups is 1. The Morgan fingerprint density at radius 2 is 2.07 bits per heavy atom. The van der Waals surface area contributed by atoms with Crippen LogP contribution in [0.15, 0.2) is 36.7 Å². The Bertz CT molecular complexity index is 1050. The maximum absolute atomic E-state index is 12.9. The lowest BCUT2D eigenvalue weighted by Gasteiger charge is -2.27. The van der Waals surface area contributed by atoms with E-state index in [0.717, 1.165) is 27.8 Å². The maximum Gasteiger partial charge on any atom is 0.254 e. The van der Waals surface area contributed by atoms with Crippen LogP contribution in [0.3, 0.4) is 0 Å². The third-order valence-electron chi connectivity index (χ3n) is 5.55. The molecular weight excluding hydrogens is 368 g/mol. The summed E-state index contributed by atoms with van der Waals surface area (Å²) < 4.78 is 11.0. The SMILES string of the molecule is COc1cc(C(=O)N2CCOCC2)ccc1-c1cnc2[nH]ccc2c1NC1CC1. The van der Waals surface area contributed by atoms with E-state index in [1.807, 2.05) is 41.6 Å². The molecule has 29 heavy (non-hydrogen) atoms. The van der Waals surface area contributed by atoms with E-state index in [1.54, 1.807) is 7.11 Å². The molecule has 1 amide bonds. The smallest absolute Gasteiger partial charge is 0.254 e. The van der Waals surface area contributed by atoms with Crippen LogP contribution >= 0.6 is 0 Å². The standard InChI is InChI=1S/C22H24N4O3/c1-28-19-12-14(22(27)26-8-10-29-11-9-26)2-5-16(19)18-13-24-21-17(6-7-23-21)20(18)25-15-3-4-15/h2,5-7,12-13,15H,3-4,8-11H2,1H3,(H2,23,24,25). The minimum absolute atomic E-state index is 0.00805. The molecule has 5 rings (SSSR count). The molecule has 1 aliphatic carbocycles. The van der Waals surface area contributed by atoms with Gasteiger partial charge in [0.1, 0.15) is 11.4 Å². The number of morpholine rings is 1. The van der Waals surface area contributed by atoms with Gasteiger partial charge in [-0.3, -0.25) is 4.79 Å². The van der Waals surface area contributed by atoms with Crippen LogP contribution in [-0.4, -0.2) is 60.2 Å². The quantitative estimate of drug-likeness (QED) is 0.697. The fraction of sp³-hybridized carbons (Fsp3) is 0.364. The number of aromatic amines is 1. The molecule has 2 aliphatic rings. The number of H-pyrrole nitrogens is 1. The second-order valence-corrected chi connectivity index (χ2v) is 7.53. The van der Waals surface area contributed by atoms with Crippen LogP contribution in [0.25, 0.3) is 22.2 Å². The van der Waals surface area contributed by atoms with Crippen molar-refractivity contribution in [3.63, 3.8) is 0 Å². The van der Waals surface area contributed by atoms with Crippen molar-refractivity contribution in [3.05, 3.63) is 42.2 Å². The molecule has 3 heterocycles. The third-order valence-corrected chi connectivity index (χ3v) is 5.55. The first kappa shape index (κ1) is 18.0. The Morgan fingerprint density at radius 1 is 1.24 bits per heavy atom. The van der Waals surface area contributed by atoms with Crippen molar-refractivity contribution in [2.75, 3.05) is 38.7 Å². The van der Waals surface area contributed by atoms with Gasteiger partial charge in [-0.25, -0.2) is 4.98 Å². The molecule has 0 spiro atoms. The molecule has 0 bridgehead atoms. The average molecular weight is 392 g/mol. The molecule has 2 fully saturated rings. The number of pyridine rings is 1. The molecule has 7 heteroatoms. The molecule has 2 aromatic heterocycles. The van der Waals surface area contributed by atoms with Crippen LogP contribution in [0.5, 0.6) is 5.75 Å². The van der Waals surface area contributed by atoms with Crippen LogP contribution in [0.2, 0.25) is 0 Å². The average Bonchev–Trinajstić information content (AvgIpc) is 3.46. The van der Waals surface area contributed by atoms with Crippen LogP contribution in [0.4, 0.5) is 5.69 Å². The maximum atomic E-state index is 12.9. The van der Waals surface area contributed by atoms with Crippen molar-refractivity contribution in [1.29, 1.82) is 0 Å². The van der Waals surface area contributed by atoms with E-state index in [4.69, 9.17) is 9.47 Å². The Balaban J connectivity index is 1.55. The summed E-state index contributed by atoms with van der Waals surface area (Å²) in [6.07, 6.45) is 6.13. The van der Waals surface area contributed by atoms with Crippen molar-refractivity contribution in [2.24, 2.45) is 0 Å². The summed E-state index contributed by atoms with van der Waals surface area (Å²) in [6.45, 7) is 2.40. The first-order valence-electron chi connectivity index (χ1n) is 10.0. The highest BCUT2D eigenvalue weighted by molar-refractivity contribution is 6.01. The van der Waals surface area contributed by atoms with Gasteiger partial charge in [0.15, 0.2) is 0 Å². The largest absolute Gasteiger partial charge is 0.496 e.